The number of amidine groups is 1. The molecule has 0 amide bonds. The van der Waals surface area contributed by atoms with Gasteiger partial charge in [0.1, 0.15) is 21.8 Å². The van der Waals surface area contributed by atoms with Crippen LogP contribution in [0.1, 0.15) is 22.9 Å². The van der Waals surface area contributed by atoms with Gasteiger partial charge in [-0.25, -0.2) is 22.3 Å². The summed E-state index contributed by atoms with van der Waals surface area (Å²) < 4.78 is 44.4. The Morgan fingerprint density at radius 3 is 3.00 bits per heavy atom. The van der Waals surface area contributed by atoms with Gasteiger partial charge in [0.25, 0.3) is 5.88 Å². The van der Waals surface area contributed by atoms with Crippen LogP contribution in [-0.2, 0) is 16.3 Å². The largest absolute Gasteiger partial charge is 0.468 e. The standard InChI is InChI=1S/C15H17FN6O4S/c1-27(17,24)22-6-10(7-22)25-15-13(20-26-21-15)14(19-23)18-12-4-8-2-3-9(16)5-11(8)12/h2-3,5,10,12,17,23H,4,6-7H2,1H3,(H,18,19)/t12-,27?/m0/s1. The number of nitrogens with one attached hydrogen (secondary N) is 2. The fourth-order valence-electron chi connectivity index (χ4n) is 2.98. The second kappa shape index (κ2) is 6.55. The first kappa shape index (κ1) is 17.8. The van der Waals surface area contributed by atoms with E-state index in [0.29, 0.717) is 19.5 Å². The maximum atomic E-state index is 13.4. The molecule has 1 fully saturated rings. The van der Waals surface area contributed by atoms with E-state index in [-0.39, 0.29) is 35.4 Å². The molecule has 1 aromatic heterocycles. The average Bonchev–Trinajstić information content (AvgIpc) is 3.00. The van der Waals surface area contributed by atoms with Gasteiger partial charge in [0.05, 0.1) is 19.1 Å². The van der Waals surface area contributed by atoms with Crippen molar-refractivity contribution in [2.45, 2.75) is 18.6 Å². The number of nitrogens with zero attached hydrogens (tertiary/aromatic N) is 4. The molecule has 2 aliphatic rings. The topological polar surface area (TPSA) is 137 Å². The molecule has 10 nitrogen and oxygen atoms in total. The number of rotatable bonds is 5. The molecule has 12 heteroatoms. The zero-order valence-corrected chi connectivity index (χ0v) is 15.1. The highest BCUT2D eigenvalue weighted by atomic mass is 32.2. The average molecular weight is 396 g/mol. The highest BCUT2D eigenvalue weighted by Crippen LogP contribution is 2.37. The summed E-state index contributed by atoms with van der Waals surface area (Å²) in [6, 6.07) is 4.18. The van der Waals surface area contributed by atoms with Gasteiger partial charge in [0.2, 0.25) is 5.69 Å². The smallest absolute Gasteiger partial charge is 0.287 e. The lowest BCUT2D eigenvalue weighted by atomic mass is 9.83. The van der Waals surface area contributed by atoms with E-state index in [1.165, 1.54) is 22.7 Å². The number of ether oxygens (including phenoxy) is 1. The minimum atomic E-state index is -2.77. The van der Waals surface area contributed by atoms with Crippen molar-refractivity contribution in [2.24, 2.45) is 4.99 Å². The molecule has 2 aromatic rings. The molecule has 2 heterocycles. The van der Waals surface area contributed by atoms with Gasteiger partial charge in [-0.15, -0.1) is 0 Å². The van der Waals surface area contributed by atoms with Crippen molar-refractivity contribution < 1.29 is 23.2 Å². The van der Waals surface area contributed by atoms with E-state index < -0.39 is 9.92 Å². The van der Waals surface area contributed by atoms with Crippen molar-refractivity contribution in [3.63, 3.8) is 0 Å². The van der Waals surface area contributed by atoms with Gasteiger partial charge in [-0.1, -0.05) is 6.07 Å². The van der Waals surface area contributed by atoms with Crippen molar-refractivity contribution in [1.82, 2.24) is 20.1 Å². The van der Waals surface area contributed by atoms with Crippen LogP contribution in [0.2, 0.25) is 0 Å². The number of hydrogen-bond donors (Lipinski definition) is 3. The number of aliphatic imine (C=N–C) groups is 1. The molecule has 27 heavy (non-hydrogen) atoms. The van der Waals surface area contributed by atoms with E-state index in [9.17, 15) is 13.8 Å². The Bertz CT molecular complexity index is 1000. The Hall–Kier alpha value is -2.57. The number of benzene rings is 1. The molecule has 4 rings (SSSR count). The summed E-state index contributed by atoms with van der Waals surface area (Å²) in [4.78, 5) is 4.35. The lowest BCUT2D eigenvalue weighted by Gasteiger charge is -2.37. The van der Waals surface area contributed by atoms with Crippen molar-refractivity contribution in [3.8, 4) is 5.88 Å². The normalized spacial score (nSPS) is 22.3. The predicted octanol–water partition coefficient (Wildman–Crippen LogP) is 0.886. The third-order valence-corrected chi connectivity index (χ3v) is 5.82. The molecule has 1 aliphatic heterocycles. The minimum Gasteiger partial charge on any atom is -0.468 e. The van der Waals surface area contributed by atoms with Crippen LogP contribution in [0.5, 0.6) is 5.88 Å². The van der Waals surface area contributed by atoms with E-state index in [4.69, 9.17) is 9.52 Å². The second-order valence-electron chi connectivity index (χ2n) is 6.46. The fourth-order valence-corrected chi connectivity index (χ4v) is 3.88. The maximum absolute atomic E-state index is 13.4. The SMILES string of the molecule is CS(=N)(=O)N1CC(Oc2nonc2C(=N[C@H]2Cc3ccc(F)cc32)NO)C1. The van der Waals surface area contributed by atoms with Gasteiger partial charge in [0.15, 0.2) is 5.84 Å². The lowest BCUT2D eigenvalue weighted by molar-refractivity contribution is 0.0705. The van der Waals surface area contributed by atoms with Gasteiger partial charge >= 0.3 is 0 Å². The van der Waals surface area contributed by atoms with Gasteiger partial charge in [0, 0.05) is 6.26 Å². The van der Waals surface area contributed by atoms with Gasteiger partial charge in [-0.3, -0.25) is 15.7 Å². The Balaban J connectivity index is 1.49. The van der Waals surface area contributed by atoms with Gasteiger partial charge in [-0.05, 0) is 40.0 Å². The molecule has 3 N–H and O–H groups in total. The summed E-state index contributed by atoms with van der Waals surface area (Å²) in [6.45, 7) is 0.610. The monoisotopic (exact) mass is 396 g/mol. The molecule has 2 atom stereocenters. The summed E-state index contributed by atoms with van der Waals surface area (Å²) >= 11 is 0. The highest BCUT2D eigenvalue weighted by molar-refractivity contribution is 7.89. The van der Waals surface area contributed by atoms with Crippen LogP contribution in [-0.4, -0.2) is 55.3 Å². The van der Waals surface area contributed by atoms with E-state index >= 15 is 0 Å². The minimum absolute atomic E-state index is 0.0119. The lowest BCUT2D eigenvalue weighted by Crippen LogP contribution is -2.55. The summed E-state index contributed by atoms with van der Waals surface area (Å²) in [6.07, 6.45) is 1.61. The Morgan fingerprint density at radius 1 is 1.52 bits per heavy atom. The molecule has 1 unspecified atom stereocenters. The van der Waals surface area contributed by atoms with E-state index in [1.807, 2.05) is 5.48 Å². The first-order valence-corrected chi connectivity index (χ1v) is 10.0. The number of aromatic nitrogens is 2. The molecular weight excluding hydrogens is 379 g/mol. The highest BCUT2D eigenvalue weighted by Gasteiger charge is 2.35. The molecule has 144 valence electrons. The zero-order chi connectivity index (χ0) is 19.2. The molecule has 0 saturated carbocycles. The first-order valence-electron chi connectivity index (χ1n) is 8.10. The second-order valence-corrected chi connectivity index (χ2v) is 8.58. The van der Waals surface area contributed by atoms with Crippen LogP contribution in [0.25, 0.3) is 0 Å². The molecular formula is C15H17FN6O4S. The summed E-state index contributed by atoms with van der Waals surface area (Å²) in [5.74, 6) is -0.343. The van der Waals surface area contributed by atoms with Crippen LogP contribution in [0.3, 0.4) is 0 Å². The third kappa shape index (κ3) is 3.38. The van der Waals surface area contributed by atoms with E-state index in [0.717, 1.165) is 11.1 Å². The van der Waals surface area contributed by atoms with Crippen molar-refractivity contribution in [3.05, 3.63) is 40.8 Å². The molecule has 0 bridgehead atoms. The molecule has 0 spiro atoms. The first-order chi connectivity index (χ1) is 12.8. The quantitative estimate of drug-likeness (QED) is 0.388. The molecule has 1 saturated heterocycles. The number of halogens is 1. The molecule has 0 radical (unpaired) electrons. The van der Waals surface area contributed by atoms with Crippen LogP contribution in [0.4, 0.5) is 4.39 Å². The summed E-state index contributed by atoms with van der Waals surface area (Å²) in [7, 11) is -2.77. The summed E-state index contributed by atoms with van der Waals surface area (Å²) in [5.41, 5.74) is 3.76. The predicted molar refractivity (Wildman–Crippen MR) is 91.4 cm³/mol. The van der Waals surface area contributed by atoms with E-state index in [2.05, 4.69) is 19.9 Å². The van der Waals surface area contributed by atoms with Crippen LogP contribution in [0, 0.1) is 10.6 Å². The van der Waals surface area contributed by atoms with Crippen LogP contribution in [0.15, 0.2) is 27.8 Å². The Labute approximate surface area is 154 Å². The summed E-state index contributed by atoms with van der Waals surface area (Å²) in [5, 5.41) is 16.8. The van der Waals surface area contributed by atoms with Gasteiger partial charge in [-0.2, -0.15) is 0 Å². The van der Waals surface area contributed by atoms with Crippen molar-refractivity contribution in [1.29, 1.82) is 4.78 Å². The number of hydrogen-bond acceptors (Lipinski definition) is 8. The van der Waals surface area contributed by atoms with Crippen LogP contribution >= 0.6 is 0 Å². The Morgan fingerprint density at radius 2 is 2.30 bits per heavy atom. The van der Waals surface area contributed by atoms with Crippen LogP contribution < -0.4 is 10.2 Å². The Kier molecular flexibility index (Phi) is 4.32. The maximum Gasteiger partial charge on any atom is 0.287 e. The van der Waals surface area contributed by atoms with Crippen molar-refractivity contribution >= 4 is 15.8 Å². The fraction of sp³-hybridized carbons (Fsp3) is 0.400. The molecule has 1 aliphatic carbocycles. The van der Waals surface area contributed by atoms with Gasteiger partial charge < -0.3 is 4.74 Å². The number of fused-ring (bicyclic) bond motifs is 1. The van der Waals surface area contributed by atoms with E-state index in [1.54, 1.807) is 6.07 Å². The molecule has 1 aromatic carbocycles. The third-order valence-electron chi connectivity index (χ3n) is 4.54. The number of hydroxylamine groups is 1. The zero-order valence-electron chi connectivity index (χ0n) is 14.3. The van der Waals surface area contributed by atoms with Crippen molar-refractivity contribution in [2.75, 3.05) is 19.3 Å².